The summed E-state index contributed by atoms with van der Waals surface area (Å²) in [4.78, 5) is 39.1. The number of ether oxygens (including phenoxy) is 1. The Hall–Kier alpha value is -2.43. The monoisotopic (exact) mass is 341 g/mol. The highest BCUT2D eigenvalue weighted by Crippen LogP contribution is 2.42. The van der Waals surface area contributed by atoms with Crippen LogP contribution >= 0.6 is 0 Å². The zero-order valence-corrected chi connectivity index (χ0v) is 14.7. The molecule has 0 unspecified atom stereocenters. The highest BCUT2D eigenvalue weighted by Gasteiger charge is 2.46. The van der Waals surface area contributed by atoms with Crippen LogP contribution in [0.2, 0.25) is 0 Å². The van der Waals surface area contributed by atoms with Crippen molar-refractivity contribution >= 4 is 17.8 Å². The number of esters is 1. The van der Waals surface area contributed by atoms with Crippen LogP contribution in [0.1, 0.15) is 60.2 Å². The number of allylic oxidation sites excluding steroid dienone is 1. The number of benzene rings is 1. The summed E-state index contributed by atoms with van der Waals surface area (Å²) in [5.41, 5.74) is 0.311. The highest BCUT2D eigenvalue weighted by molar-refractivity contribution is 6.21. The van der Waals surface area contributed by atoms with Gasteiger partial charge in [0.2, 0.25) is 0 Å². The number of hydrogen-bond donors (Lipinski definition) is 0. The van der Waals surface area contributed by atoms with Gasteiger partial charge in [-0.05, 0) is 51.7 Å². The quantitative estimate of drug-likeness (QED) is 0.479. The van der Waals surface area contributed by atoms with Crippen molar-refractivity contribution in [1.82, 2.24) is 4.90 Å². The summed E-state index contributed by atoms with van der Waals surface area (Å²) >= 11 is 0. The number of imide groups is 1. The number of nitrogens with zero attached hydrogens (tertiary/aromatic N) is 1. The van der Waals surface area contributed by atoms with E-state index in [0.717, 1.165) is 0 Å². The van der Waals surface area contributed by atoms with E-state index in [1.54, 1.807) is 31.2 Å². The van der Waals surface area contributed by atoms with E-state index in [4.69, 9.17) is 4.74 Å². The molecule has 1 heterocycles. The molecular formula is C20H23NO4. The van der Waals surface area contributed by atoms with Gasteiger partial charge in [-0.15, -0.1) is 0 Å². The molecule has 0 bridgehead atoms. The average molecular weight is 341 g/mol. The van der Waals surface area contributed by atoms with Crippen LogP contribution in [0.5, 0.6) is 0 Å². The Balaban J connectivity index is 1.78. The van der Waals surface area contributed by atoms with Crippen molar-refractivity contribution in [1.29, 1.82) is 0 Å². The first-order chi connectivity index (χ1) is 12.0. The number of amides is 2. The van der Waals surface area contributed by atoms with Gasteiger partial charge >= 0.3 is 5.97 Å². The maximum atomic E-state index is 12.6. The van der Waals surface area contributed by atoms with Crippen molar-refractivity contribution in [2.75, 3.05) is 6.61 Å². The zero-order valence-electron chi connectivity index (χ0n) is 14.7. The average Bonchev–Trinajstić information content (AvgIpc) is 2.88. The Kier molecular flexibility index (Phi) is 4.75. The van der Waals surface area contributed by atoms with Gasteiger partial charge in [-0.2, -0.15) is 0 Å². The first kappa shape index (κ1) is 17.4. The molecule has 2 aliphatic rings. The Labute approximate surface area is 147 Å². The van der Waals surface area contributed by atoms with Crippen LogP contribution in [0.3, 0.4) is 0 Å². The third-order valence-electron chi connectivity index (χ3n) is 5.21. The summed E-state index contributed by atoms with van der Waals surface area (Å²) in [7, 11) is 0. The van der Waals surface area contributed by atoms with Crippen LogP contribution in [-0.4, -0.2) is 35.3 Å². The van der Waals surface area contributed by atoms with Crippen LogP contribution in [0, 0.1) is 5.41 Å². The molecule has 0 spiro atoms. The molecule has 1 aromatic carbocycles. The summed E-state index contributed by atoms with van der Waals surface area (Å²) in [6.07, 6.45) is 6.15. The second-order valence-corrected chi connectivity index (χ2v) is 6.63. The predicted octanol–water partition coefficient (Wildman–Crippen LogP) is 3.35. The fraction of sp³-hybridized carbons (Fsp3) is 0.450. The SMILES string of the molecule is C/C=C/C1(C(=O)OCC)CCC(N2C(=O)c3ccccc3C2=O)CC1. The summed E-state index contributed by atoms with van der Waals surface area (Å²) in [5, 5.41) is 0. The van der Waals surface area contributed by atoms with Gasteiger partial charge in [-0.1, -0.05) is 24.3 Å². The zero-order chi connectivity index (χ0) is 18.0. The maximum absolute atomic E-state index is 12.6. The van der Waals surface area contributed by atoms with Gasteiger partial charge in [0.15, 0.2) is 0 Å². The van der Waals surface area contributed by atoms with E-state index in [1.807, 2.05) is 19.1 Å². The largest absolute Gasteiger partial charge is 0.465 e. The molecule has 1 fully saturated rings. The van der Waals surface area contributed by atoms with Crippen LogP contribution in [0.15, 0.2) is 36.4 Å². The maximum Gasteiger partial charge on any atom is 0.315 e. The topological polar surface area (TPSA) is 63.7 Å². The number of hydrogen-bond acceptors (Lipinski definition) is 4. The van der Waals surface area contributed by atoms with Gasteiger partial charge in [-0.3, -0.25) is 19.3 Å². The molecule has 1 aromatic rings. The van der Waals surface area contributed by atoms with Crippen LogP contribution < -0.4 is 0 Å². The van der Waals surface area contributed by atoms with Gasteiger partial charge in [0.25, 0.3) is 11.8 Å². The Bertz CT molecular complexity index is 694. The van der Waals surface area contributed by atoms with Crippen LogP contribution in [0.4, 0.5) is 0 Å². The molecule has 0 aromatic heterocycles. The van der Waals surface area contributed by atoms with E-state index < -0.39 is 5.41 Å². The molecule has 3 rings (SSSR count). The summed E-state index contributed by atoms with van der Waals surface area (Å²) in [6.45, 7) is 4.03. The van der Waals surface area contributed by atoms with E-state index in [1.165, 1.54) is 4.90 Å². The summed E-state index contributed by atoms with van der Waals surface area (Å²) in [6, 6.07) is 6.76. The van der Waals surface area contributed by atoms with Gasteiger partial charge in [0.1, 0.15) is 0 Å². The molecule has 1 aliphatic heterocycles. The second-order valence-electron chi connectivity index (χ2n) is 6.63. The first-order valence-electron chi connectivity index (χ1n) is 8.82. The fourth-order valence-electron chi connectivity index (χ4n) is 3.95. The normalized spacial score (nSPS) is 26.2. The number of fused-ring (bicyclic) bond motifs is 1. The lowest BCUT2D eigenvalue weighted by Gasteiger charge is -2.38. The van der Waals surface area contributed by atoms with Gasteiger partial charge in [0.05, 0.1) is 23.1 Å². The van der Waals surface area contributed by atoms with Gasteiger partial charge < -0.3 is 4.74 Å². The van der Waals surface area contributed by atoms with Crippen molar-refractivity contribution in [2.45, 2.75) is 45.6 Å². The Morgan fingerprint density at radius 1 is 1.20 bits per heavy atom. The molecule has 0 N–H and O–H groups in total. The number of carbonyl (C=O) groups excluding carboxylic acids is 3. The lowest BCUT2D eigenvalue weighted by molar-refractivity contribution is -0.154. The minimum atomic E-state index is -0.639. The lowest BCUT2D eigenvalue weighted by Crippen LogP contribution is -2.45. The van der Waals surface area contributed by atoms with Crippen molar-refractivity contribution in [3.63, 3.8) is 0 Å². The summed E-state index contributed by atoms with van der Waals surface area (Å²) < 4.78 is 5.25. The van der Waals surface area contributed by atoms with E-state index in [0.29, 0.717) is 43.4 Å². The molecule has 25 heavy (non-hydrogen) atoms. The molecule has 0 atom stereocenters. The molecular weight excluding hydrogens is 318 g/mol. The van der Waals surface area contributed by atoms with E-state index in [2.05, 4.69) is 0 Å². The molecule has 1 aliphatic carbocycles. The first-order valence-corrected chi connectivity index (χ1v) is 8.82. The third-order valence-corrected chi connectivity index (χ3v) is 5.21. The van der Waals surface area contributed by atoms with Crippen molar-refractivity contribution < 1.29 is 19.1 Å². The standard InChI is InChI=1S/C20H23NO4/c1-3-11-20(19(24)25-4-2)12-9-14(10-13-20)21-17(22)15-7-5-6-8-16(15)18(21)23/h3,5-8,11,14H,4,9-10,12-13H2,1-2H3/b11-3+. The van der Waals surface area contributed by atoms with Crippen molar-refractivity contribution in [3.05, 3.63) is 47.5 Å². The molecule has 132 valence electrons. The molecule has 0 radical (unpaired) electrons. The number of carbonyl (C=O) groups is 3. The molecule has 2 amide bonds. The van der Waals surface area contributed by atoms with E-state index in [9.17, 15) is 14.4 Å². The molecule has 1 saturated carbocycles. The molecule has 0 saturated heterocycles. The van der Waals surface area contributed by atoms with Crippen LogP contribution in [0.25, 0.3) is 0 Å². The minimum absolute atomic E-state index is 0.166. The molecule has 5 heteroatoms. The second kappa shape index (κ2) is 6.82. The van der Waals surface area contributed by atoms with Crippen molar-refractivity contribution in [3.8, 4) is 0 Å². The Morgan fingerprint density at radius 3 is 2.24 bits per heavy atom. The predicted molar refractivity (Wildman–Crippen MR) is 93.1 cm³/mol. The fourth-order valence-corrected chi connectivity index (χ4v) is 3.95. The van der Waals surface area contributed by atoms with E-state index >= 15 is 0 Å². The summed E-state index contributed by atoms with van der Waals surface area (Å²) in [5.74, 6) is -0.658. The molecule has 5 nitrogen and oxygen atoms in total. The number of rotatable bonds is 4. The highest BCUT2D eigenvalue weighted by atomic mass is 16.5. The lowest BCUT2D eigenvalue weighted by atomic mass is 9.72. The Morgan fingerprint density at radius 2 is 1.76 bits per heavy atom. The van der Waals surface area contributed by atoms with Gasteiger partial charge in [-0.25, -0.2) is 0 Å². The minimum Gasteiger partial charge on any atom is -0.465 e. The van der Waals surface area contributed by atoms with Crippen molar-refractivity contribution in [2.24, 2.45) is 5.41 Å². The smallest absolute Gasteiger partial charge is 0.315 e. The van der Waals surface area contributed by atoms with Gasteiger partial charge in [0, 0.05) is 6.04 Å². The van der Waals surface area contributed by atoms with E-state index in [-0.39, 0.29) is 23.8 Å². The third kappa shape index (κ3) is 2.88. The van der Waals surface area contributed by atoms with Crippen LogP contribution in [-0.2, 0) is 9.53 Å².